The van der Waals surface area contributed by atoms with Crippen LogP contribution >= 0.6 is 0 Å². The van der Waals surface area contributed by atoms with Gasteiger partial charge in [0.25, 0.3) is 0 Å². The SMILES string of the molecule is Cc1cnn(C(C)(C)Cc2ccn(C(C)(C)Cc3oc(C(C)(C)C)nc3C)n2)c1. The third-order valence-corrected chi connectivity index (χ3v) is 5.34. The Morgan fingerprint density at radius 3 is 2.14 bits per heavy atom. The number of hydrogen-bond donors (Lipinski definition) is 0. The molecule has 0 aromatic carbocycles. The van der Waals surface area contributed by atoms with E-state index in [1.165, 1.54) is 5.56 Å². The molecule has 0 saturated carbocycles. The molecule has 0 aliphatic carbocycles. The van der Waals surface area contributed by atoms with Crippen molar-refractivity contribution in [2.75, 3.05) is 0 Å². The Labute approximate surface area is 174 Å². The molecule has 0 radical (unpaired) electrons. The van der Waals surface area contributed by atoms with Gasteiger partial charge in [-0.2, -0.15) is 10.2 Å². The van der Waals surface area contributed by atoms with Gasteiger partial charge in [-0.25, -0.2) is 4.98 Å². The van der Waals surface area contributed by atoms with Crippen LogP contribution in [0.15, 0.2) is 29.1 Å². The second-order valence-electron chi connectivity index (χ2n) is 10.5. The molecule has 0 unspecified atom stereocenters. The molecule has 0 N–H and O–H groups in total. The molecule has 3 rings (SSSR count). The van der Waals surface area contributed by atoms with Gasteiger partial charge in [0, 0.05) is 30.7 Å². The molecule has 0 amide bonds. The maximum Gasteiger partial charge on any atom is 0.199 e. The van der Waals surface area contributed by atoms with Crippen LogP contribution in [0.3, 0.4) is 0 Å². The lowest BCUT2D eigenvalue weighted by molar-refractivity contribution is 0.274. The van der Waals surface area contributed by atoms with E-state index in [2.05, 4.69) is 83.9 Å². The molecule has 6 heteroatoms. The van der Waals surface area contributed by atoms with Gasteiger partial charge in [-0.3, -0.25) is 9.36 Å². The van der Waals surface area contributed by atoms with Crippen molar-refractivity contribution in [1.82, 2.24) is 24.5 Å². The smallest absolute Gasteiger partial charge is 0.199 e. The molecule has 3 heterocycles. The highest BCUT2D eigenvalue weighted by atomic mass is 16.4. The van der Waals surface area contributed by atoms with Crippen molar-refractivity contribution in [3.63, 3.8) is 0 Å². The lowest BCUT2D eigenvalue weighted by Gasteiger charge is -2.26. The molecule has 0 bridgehead atoms. The quantitative estimate of drug-likeness (QED) is 0.591. The topological polar surface area (TPSA) is 61.7 Å². The number of aryl methyl sites for hydroxylation is 2. The van der Waals surface area contributed by atoms with E-state index in [1.807, 2.05) is 22.5 Å². The monoisotopic (exact) mass is 397 g/mol. The van der Waals surface area contributed by atoms with Crippen LogP contribution in [-0.4, -0.2) is 24.5 Å². The highest BCUT2D eigenvalue weighted by molar-refractivity contribution is 5.15. The Bertz CT molecular complexity index is 981. The summed E-state index contributed by atoms with van der Waals surface area (Å²) in [5.41, 5.74) is 2.74. The van der Waals surface area contributed by atoms with E-state index in [4.69, 9.17) is 9.52 Å². The molecular weight excluding hydrogens is 362 g/mol. The summed E-state index contributed by atoms with van der Waals surface area (Å²) in [6.45, 7) is 19.2. The van der Waals surface area contributed by atoms with Gasteiger partial charge in [0.1, 0.15) is 5.76 Å². The molecule has 6 nitrogen and oxygen atoms in total. The normalized spacial score (nSPS) is 13.3. The van der Waals surface area contributed by atoms with Crippen LogP contribution in [0.5, 0.6) is 0 Å². The third kappa shape index (κ3) is 4.62. The Morgan fingerprint density at radius 1 is 0.931 bits per heavy atom. The molecular formula is C23H35N5O. The zero-order valence-electron chi connectivity index (χ0n) is 19.4. The van der Waals surface area contributed by atoms with E-state index in [1.54, 1.807) is 0 Å². The van der Waals surface area contributed by atoms with Crippen molar-refractivity contribution in [2.45, 2.75) is 91.6 Å². The lowest BCUT2D eigenvalue weighted by atomic mass is 9.97. The van der Waals surface area contributed by atoms with Gasteiger partial charge in [-0.15, -0.1) is 0 Å². The zero-order chi connectivity index (χ0) is 21.6. The lowest BCUT2D eigenvalue weighted by Crippen LogP contribution is -2.31. The van der Waals surface area contributed by atoms with Crippen molar-refractivity contribution in [3.8, 4) is 0 Å². The Hall–Kier alpha value is -2.37. The van der Waals surface area contributed by atoms with Crippen LogP contribution in [0.2, 0.25) is 0 Å². The summed E-state index contributed by atoms with van der Waals surface area (Å²) in [6, 6.07) is 2.10. The van der Waals surface area contributed by atoms with Crippen LogP contribution in [0.25, 0.3) is 0 Å². The number of oxazole rings is 1. The largest absolute Gasteiger partial charge is 0.445 e. The van der Waals surface area contributed by atoms with Crippen molar-refractivity contribution in [1.29, 1.82) is 0 Å². The minimum Gasteiger partial charge on any atom is -0.445 e. The Morgan fingerprint density at radius 2 is 1.59 bits per heavy atom. The molecule has 0 saturated heterocycles. The van der Waals surface area contributed by atoms with Gasteiger partial charge < -0.3 is 4.42 Å². The second-order valence-corrected chi connectivity index (χ2v) is 10.5. The highest BCUT2D eigenvalue weighted by Crippen LogP contribution is 2.29. The maximum atomic E-state index is 6.12. The second kappa shape index (κ2) is 7.15. The number of nitrogens with zero attached hydrogens (tertiary/aromatic N) is 5. The minimum absolute atomic E-state index is 0.0948. The maximum absolute atomic E-state index is 6.12. The Balaban J connectivity index is 1.77. The first-order valence-corrected chi connectivity index (χ1v) is 10.3. The molecule has 3 aromatic heterocycles. The van der Waals surface area contributed by atoms with Gasteiger partial charge in [-0.05, 0) is 53.2 Å². The summed E-state index contributed by atoms with van der Waals surface area (Å²) in [7, 11) is 0. The molecule has 29 heavy (non-hydrogen) atoms. The summed E-state index contributed by atoms with van der Waals surface area (Å²) in [6.07, 6.45) is 7.60. The fourth-order valence-electron chi connectivity index (χ4n) is 3.45. The van der Waals surface area contributed by atoms with E-state index in [0.717, 1.165) is 35.9 Å². The number of aromatic nitrogens is 5. The van der Waals surface area contributed by atoms with Gasteiger partial charge in [0.2, 0.25) is 0 Å². The Kier molecular flexibility index (Phi) is 5.26. The molecule has 3 aromatic rings. The summed E-state index contributed by atoms with van der Waals surface area (Å²) in [5, 5.41) is 9.38. The summed E-state index contributed by atoms with van der Waals surface area (Å²) < 4.78 is 10.2. The predicted octanol–water partition coefficient (Wildman–Crippen LogP) is 4.94. The van der Waals surface area contributed by atoms with E-state index in [9.17, 15) is 0 Å². The van der Waals surface area contributed by atoms with E-state index in [0.29, 0.717) is 0 Å². The van der Waals surface area contributed by atoms with Crippen LogP contribution in [0.4, 0.5) is 0 Å². The first-order valence-electron chi connectivity index (χ1n) is 10.3. The molecule has 0 aliphatic heterocycles. The minimum atomic E-state index is -0.218. The van der Waals surface area contributed by atoms with E-state index < -0.39 is 0 Å². The van der Waals surface area contributed by atoms with E-state index >= 15 is 0 Å². The van der Waals surface area contributed by atoms with Crippen LogP contribution in [0.1, 0.15) is 77.1 Å². The van der Waals surface area contributed by atoms with Gasteiger partial charge in [0.15, 0.2) is 5.89 Å². The summed E-state index contributed by atoms with van der Waals surface area (Å²) >= 11 is 0. The van der Waals surface area contributed by atoms with Crippen molar-refractivity contribution in [2.24, 2.45) is 0 Å². The summed E-state index contributed by atoms with van der Waals surface area (Å²) in [4.78, 5) is 4.64. The van der Waals surface area contributed by atoms with Gasteiger partial charge in [0.05, 0.1) is 28.7 Å². The standard InChI is InChI=1S/C23H35N5O/c1-16-14-24-28(15-16)22(6,7)12-18-10-11-27(26-18)23(8,9)13-19-17(2)25-20(29-19)21(3,4)5/h10-11,14-15H,12-13H2,1-9H3. The zero-order valence-corrected chi connectivity index (χ0v) is 19.4. The van der Waals surface area contributed by atoms with Gasteiger partial charge >= 0.3 is 0 Å². The first-order chi connectivity index (χ1) is 13.3. The van der Waals surface area contributed by atoms with Crippen molar-refractivity contribution >= 4 is 0 Å². The van der Waals surface area contributed by atoms with Crippen molar-refractivity contribution < 1.29 is 4.42 Å². The van der Waals surface area contributed by atoms with Crippen molar-refractivity contribution in [3.05, 3.63) is 53.3 Å². The third-order valence-electron chi connectivity index (χ3n) is 5.34. The van der Waals surface area contributed by atoms with Gasteiger partial charge in [-0.1, -0.05) is 20.8 Å². The molecule has 0 atom stereocenters. The molecule has 0 aliphatic rings. The van der Waals surface area contributed by atoms with Crippen LogP contribution in [-0.2, 0) is 29.3 Å². The average molecular weight is 398 g/mol. The van der Waals surface area contributed by atoms with Crippen LogP contribution < -0.4 is 0 Å². The summed E-state index contributed by atoms with van der Waals surface area (Å²) in [5.74, 6) is 1.72. The number of hydrogen-bond acceptors (Lipinski definition) is 4. The molecule has 0 fully saturated rings. The predicted molar refractivity (Wildman–Crippen MR) is 115 cm³/mol. The fourth-order valence-corrected chi connectivity index (χ4v) is 3.45. The highest BCUT2D eigenvalue weighted by Gasteiger charge is 2.29. The first kappa shape index (κ1) is 21.3. The fraction of sp³-hybridized carbons (Fsp3) is 0.609. The molecule has 0 spiro atoms. The van der Waals surface area contributed by atoms with Crippen LogP contribution in [0, 0.1) is 13.8 Å². The van der Waals surface area contributed by atoms with E-state index in [-0.39, 0.29) is 16.5 Å². The average Bonchev–Trinajstić information content (AvgIpc) is 3.28. The molecule has 158 valence electrons. The number of rotatable bonds is 6.